The summed E-state index contributed by atoms with van der Waals surface area (Å²) in [6, 6.07) is 4.36. The molecule has 3 nitrogen and oxygen atoms in total. The molecule has 0 bridgehead atoms. The maximum Gasteiger partial charge on any atom is 0.137 e. The average Bonchev–Trinajstić information content (AvgIpc) is 2.94. The second-order valence-corrected chi connectivity index (χ2v) is 4.81. The Morgan fingerprint density at radius 3 is 2.85 bits per heavy atom. The molecule has 1 heterocycles. The van der Waals surface area contributed by atoms with E-state index in [1.54, 1.807) is 6.07 Å². The topological polar surface area (TPSA) is 32.7 Å². The largest absolute Gasteiger partial charge is 0.491 e. The standard InChI is InChI=1S/C16H20FNO2/c17-15-7-6-14(5-1-4-11-19)16(13-15)20-12-10-18-8-2-3-9-18/h6-7,13,19H,2-4,8-12H2. The SMILES string of the molecule is OCCC#Cc1ccc(F)cc1OCCN1CCCC1. The lowest BCUT2D eigenvalue weighted by Gasteiger charge is -2.15. The van der Waals surface area contributed by atoms with E-state index in [-0.39, 0.29) is 12.4 Å². The van der Waals surface area contributed by atoms with Gasteiger partial charge in [0, 0.05) is 19.0 Å². The van der Waals surface area contributed by atoms with Crippen molar-refractivity contribution in [1.82, 2.24) is 4.90 Å². The lowest BCUT2D eigenvalue weighted by molar-refractivity contribution is 0.237. The van der Waals surface area contributed by atoms with Crippen molar-refractivity contribution in [3.05, 3.63) is 29.6 Å². The van der Waals surface area contributed by atoms with Crippen LogP contribution in [0.1, 0.15) is 24.8 Å². The Balaban J connectivity index is 1.94. The van der Waals surface area contributed by atoms with Gasteiger partial charge in [-0.15, -0.1) is 0 Å². The Labute approximate surface area is 119 Å². The third kappa shape index (κ3) is 4.52. The van der Waals surface area contributed by atoms with Crippen molar-refractivity contribution >= 4 is 0 Å². The average molecular weight is 277 g/mol. The molecule has 1 aromatic rings. The fourth-order valence-corrected chi connectivity index (χ4v) is 2.22. The first kappa shape index (κ1) is 14.8. The van der Waals surface area contributed by atoms with Crippen molar-refractivity contribution in [2.24, 2.45) is 0 Å². The maximum absolute atomic E-state index is 13.3. The molecule has 0 aromatic heterocycles. The predicted octanol–water partition coefficient (Wildman–Crippen LogP) is 2.03. The summed E-state index contributed by atoms with van der Waals surface area (Å²) in [6.07, 6.45) is 2.90. The predicted molar refractivity (Wildman–Crippen MR) is 76.1 cm³/mol. The molecule has 1 saturated heterocycles. The number of aliphatic hydroxyl groups excluding tert-OH is 1. The van der Waals surface area contributed by atoms with Crippen molar-refractivity contribution in [2.75, 3.05) is 32.8 Å². The van der Waals surface area contributed by atoms with Gasteiger partial charge in [-0.1, -0.05) is 11.8 Å². The summed E-state index contributed by atoms with van der Waals surface area (Å²) in [4.78, 5) is 2.34. The molecule has 0 amide bonds. The van der Waals surface area contributed by atoms with Crippen LogP contribution < -0.4 is 4.74 Å². The van der Waals surface area contributed by atoms with Crippen LogP contribution in [0.25, 0.3) is 0 Å². The van der Waals surface area contributed by atoms with E-state index in [9.17, 15) is 4.39 Å². The van der Waals surface area contributed by atoms with Crippen LogP contribution in [-0.2, 0) is 0 Å². The lowest BCUT2D eigenvalue weighted by atomic mass is 10.2. The molecule has 1 aromatic carbocycles. The fourth-order valence-electron chi connectivity index (χ4n) is 2.22. The quantitative estimate of drug-likeness (QED) is 0.836. The number of nitrogens with zero attached hydrogens (tertiary/aromatic N) is 1. The molecule has 1 aliphatic rings. The van der Waals surface area contributed by atoms with Crippen LogP contribution in [-0.4, -0.2) is 42.9 Å². The van der Waals surface area contributed by atoms with Crippen molar-refractivity contribution in [3.63, 3.8) is 0 Å². The second kappa shape index (κ2) is 7.88. The van der Waals surface area contributed by atoms with Crippen LogP contribution in [0.3, 0.4) is 0 Å². The fraction of sp³-hybridized carbons (Fsp3) is 0.500. The summed E-state index contributed by atoms with van der Waals surface area (Å²) in [5.74, 6) is 5.89. The minimum absolute atomic E-state index is 0.0271. The van der Waals surface area contributed by atoms with E-state index in [1.165, 1.54) is 25.0 Å². The number of rotatable bonds is 5. The molecule has 4 heteroatoms. The summed E-state index contributed by atoms with van der Waals surface area (Å²) >= 11 is 0. The number of halogens is 1. The smallest absolute Gasteiger partial charge is 0.137 e. The maximum atomic E-state index is 13.3. The van der Waals surface area contributed by atoms with Crippen LogP contribution in [0.2, 0.25) is 0 Å². The summed E-state index contributed by atoms with van der Waals surface area (Å²) in [7, 11) is 0. The van der Waals surface area contributed by atoms with E-state index in [0.29, 0.717) is 24.3 Å². The minimum Gasteiger partial charge on any atom is -0.491 e. The third-order valence-corrected chi connectivity index (χ3v) is 3.27. The normalized spacial score (nSPS) is 14.9. The summed E-state index contributed by atoms with van der Waals surface area (Å²) in [5, 5.41) is 8.72. The van der Waals surface area contributed by atoms with E-state index in [4.69, 9.17) is 9.84 Å². The zero-order chi connectivity index (χ0) is 14.2. The molecule has 0 unspecified atom stereocenters. The van der Waals surface area contributed by atoms with E-state index < -0.39 is 0 Å². The molecular weight excluding hydrogens is 257 g/mol. The zero-order valence-corrected chi connectivity index (χ0v) is 11.6. The van der Waals surface area contributed by atoms with Crippen LogP contribution >= 0.6 is 0 Å². The molecule has 1 N–H and O–H groups in total. The summed E-state index contributed by atoms with van der Waals surface area (Å²) in [6.45, 7) is 3.67. The van der Waals surface area contributed by atoms with Crippen LogP contribution in [0.15, 0.2) is 18.2 Å². The monoisotopic (exact) mass is 277 g/mol. The number of hydrogen-bond acceptors (Lipinski definition) is 3. The number of aliphatic hydroxyl groups is 1. The molecule has 1 aliphatic heterocycles. The number of likely N-dealkylation sites (tertiary alicyclic amines) is 1. The molecule has 0 aliphatic carbocycles. The molecule has 0 spiro atoms. The second-order valence-electron chi connectivity index (χ2n) is 4.81. The van der Waals surface area contributed by atoms with Crippen molar-refractivity contribution in [2.45, 2.75) is 19.3 Å². The van der Waals surface area contributed by atoms with Gasteiger partial charge in [0.25, 0.3) is 0 Å². The summed E-state index contributed by atoms with van der Waals surface area (Å²) in [5.41, 5.74) is 0.668. The molecule has 2 rings (SSSR count). The van der Waals surface area contributed by atoms with E-state index >= 15 is 0 Å². The molecule has 0 radical (unpaired) electrons. The van der Waals surface area contributed by atoms with E-state index in [1.807, 2.05) is 0 Å². The van der Waals surface area contributed by atoms with Crippen molar-refractivity contribution < 1.29 is 14.2 Å². The van der Waals surface area contributed by atoms with Crippen LogP contribution in [0.4, 0.5) is 4.39 Å². The highest BCUT2D eigenvalue weighted by atomic mass is 19.1. The van der Waals surface area contributed by atoms with Gasteiger partial charge in [0.2, 0.25) is 0 Å². The first-order valence-electron chi connectivity index (χ1n) is 7.04. The Morgan fingerprint density at radius 1 is 1.30 bits per heavy atom. The van der Waals surface area contributed by atoms with Gasteiger partial charge in [-0.25, -0.2) is 4.39 Å². The number of ether oxygens (including phenoxy) is 1. The van der Waals surface area contributed by atoms with Crippen molar-refractivity contribution in [1.29, 1.82) is 0 Å². The van der Waals surface area contributed by atoms with Gasteiger partial charge in [-0.2, -0.15) is 0 Å². The Hall–Kier alpha value is -1.57. The highest BCUT2D eigenvalue weighted by Crippen LogP contribution is 2.19. The van der Waals surface area contributed by atoms with Gasteiger partial charge in [-0.05, 0) is 38.1 Å². The van der Waals surface area contributed by atoms with Crippen LogP contribution in [0, 0.1) is 17.7 Å². The molecular formula is C16H20FNO2. The highest BCUT2D eigenvalue weighted by Gasteiger charge is 2.11. The molecule has 108 valence electrons. The van der Waals surface area contributed by atoms with Gasteiger partial charge >= 0.3 is 0 Å². The van der Waals surface area contributed by atoms with Gasteiger partial charge in [0.15, 0.2) is 0 Å². The van der Waals surface area contributed by atoms with Gasteiger partial charge in [0.1, 0.15) is 18.2 Å². The molecule has 0 saturated carbocycles. The Bertz CT molecular complexity index is 487. The van der Waals surface area contributed by atoms with Crippen molar-refractivity contribution in [3.8, 4) is 17.6 Å². The van der Waals surface area contributed by atoms with Crippen LogP contribution in [0.5, 0.6) is 5.75 Å². The van der Waals surface area contributed by atoms with E-state index in [2.05, 4.69) is 16.7 Å². The van der Waals surface area contributed by atoms with E-state index in [0.717, 1.165) is 19.6 Å². The zero-order valence-electron chi connectivity index (χ0n) is 11.6. The molecule has 20 heavy (non-hydrogen) atoms. The summed E-state index contributed by atoms with van der Waals surface area (Å²) < 4.78 is 18.9. The van der Waals surface area contributed by atoms with Gasteiger partial charge in [0.05, 0.1) is 12.2 Å². The first-order valence-corrected chi connectivity index (χ1v) is 7.04. The highest BCUT2D eigenvalue weighted by molar-refractivity contribution is 5.46. The van der Waals surface area contributed by atoms with Gasteiger partial charge in [-0.3, -0.25) is 4.90 Å². The number of hydrogen-bond donors (Lipinski definition) is 1. The number of benzene rings is 1. The Morgan fingerprint density at radius 2 is 2.10 bits per heavy atom. The molecule has 1 fully saturated rings. The Kier molecular flexibility index (Phi) is 5.85. The lowest BCUT2D eigenvalue weighted by Crippen LogP contribution is -2.25. The first-order chi connectivity index (χ1) is 9.79. The minimum atomic E-state index is -0.325. The molecule has 0 atom stereocenters. The third-order valence-electron chi connectivity index (χ3n) is 3.27. The van der Waals surface area contributed by atoms with Gasteiger partial charge < -0.3 is 9.84 Å².